The van der Waals surface area contributed by atoms with Crippen LogP contribution in [0.2, 0.25) is 0 Å². The van der Waals surface area contributed by atoms with Gasteiger partial charge in [-0.2, -0.15) is 5.10 Å². The van der Waals surface area contributed by atoms with Crippen molar-refractivity contribution >= 4 is 12.6 Å². The van der Waals surface area contributed by atoms with E-state index in [4.69, 9.17) is 9.31 Å². The highest BCUT2D eigenvalue weighted by atomic mass is 16.6. The van der Waals surface area contributed by atoms with Gasteiger partial charge in [-0.15, -0.1) is 0 Å². The highest BCUT2D eigenvalue weighted by Gasteiger charge is 2.34. The minimum absolute atomic E-state index is 0.403. The maximum Gasteiger partial charge on any atom is 0.497 e. The second-order valence-electron chi connectivity index (χ2n) is 6.98. The third-order valence-electron chi connectivity index (χ3n) is 2.23. The molecule has 7 heteroatoms. The van der Waals surface area contributed by atoms with Gasteiger partial charge in [0.05, 0.1) is 0 Å². The van der Waals surface area contributed by atoms with Gasteiger partial charge in [-0.1, -0.05) is 0 Å². The zero-order chi connectivity index (χ0) is 15.8. The van der Waals surface area contributed by atoms with E-state index in [1.807, 2.05) is 41.5 Å². The predicted molar refractivity (Wildman–Crippen MR) is 77.4 cm³/mol. The first-order valence-electron chi connectivity index (χ1n) is 6.63. The molecular formula is C13H25BN2O4. The summed E-state index contributed by atoms with van der Waals surface area (Å²) in [6.07, 6.45) is 3.01. The minimum Gasteiger partial charge on any atom is -0.403 e. The molecule has 1 aromatic rings. The molecular weight excluding hydrogens is 259 g/mol. The van der Waals surface area contributed by atoms with E-state index in [9.17, 15) is 10.2 Å². The van der Waals surface area contributed by atoms with Crippen LogP contribution in [0.15, 0.2) is 12.4 Å². The van der Waals surface area contributed by atoms with Crippen LogP contribution in [0.1, 0.15) is 48.5 Å². The van der Waals surface area contributed by atoms with Crippen molar-refractivity contribution in [1.29, 1.82) is 0 Å². The van der Waals surface area contributed by atoms with Crippen LogP contribution in [0, 0.1) is 0 Å². The Morgan fingerprint density at radius 2 is 1.45 bits per heavy atom. The van der Waals surface area contributed by atoms with Crippen molar-refractivity contribution in [2.75, 3.05) is 0 Å². The lowest BCUT2D eigenvalue weighted by Crippen LogP contribution is -2.46. The fourth-order valence-corrected chi connectivity index (χ4v) is 1.49. The average Bonchev–Trinajstić information content (AvgIpc) is 2.58. The van der Waals surface area contributed by atoms with Gasteiger partial charge in [0.2, 0.25) is 0 Å². The fraction of sp³-hybridized carbons (Fsp3) is 0.769. The van der Waals surface area contributed by atoms with Crippen molar-refractivity contribution in [3.05, 3.63) is 12.4 Å². The third kappa shape index (κ3) is 5.62. The van der Waals surface area contributed by atoms with Crippen LogP contribution in [0.3, 0.4) is 0 Å². The smallest absolute Gasteiger partial charge is 0.403 e. The molecule has 0 aliphatic heterocycles. The Kier molecular flexibility index (Phi) is 4.70. The van der Waals surface area contributed by atoms with E-state index < -0.39 is 24.2 Å². The summed E-state index contributed by atoms with van der Waals surface area (Å²) in [6.45, 7) is 12.8. The van der Waals surface area contributed by atoms with Crippen molar-refractivity contribution < 1.29 is 19.5 Å². The lowest BCUT2D eigenvalue weighted by atomic mass is 9.79. The van der Waals surface area contributed by atoms with Crippen molar-refractivity contribution in [1.82, 2.24) is 9.78 Å². The zero-order valence-corrected chi connectivity index (χ0v) is 13.3. The fourth-order valence-electron chi connectivity index (χ4n) is 1.49. The van der Waals surface area contributed by atoms with Crippen LogP contribution in [-0.4, -0.2) is 38.3 Å². The normalized spacial score (nSPS) is 13.7. The Morgan fingerprint density at radius 3 is 1.75 bits per heavy atom. The number of aromatic nitrogens is 2. The van der Waals surface area contributed by atoms with E-state index in [1.165, 1.54) is 19.3 Å². The van der Waals surface area contributed by atoms with Gasteiger partial charge in [0, 0.05) is 36.0 Å². The highest BCUT2D eigenvalue weighted by Crippen LogP contribution is 2.16. The van der Waals surface area contributed by atoms with E-state index >= 15 is 0 Å². The molecule has 20 heavy (non-hydrogen) atoms. The Morgan fingerprint density at radius 1 is 1.00 bits per heavy atom. The maximum absolute atomic E-state index is 9.52. The highest BCUT2D eigenvalue weighted by molar-refractivity contribution is 6.61. The van der Waals surface area contributed by atoms with Crippen LogP contribution < -0.4 is 5.46 Å². The van der Waals surface area contributed by atoms with Gasteiger partial charge >= 0.3 is 7.12 Å². The number of nitrogens with zero attached hydrogens (tertiary/aromatic N) is 2. The van der Waals surface area contributed by atoms with Crippen molar-refractivity contribution in [3.63, 3.8) is 0 Å². The molecule has 0 bridgehead atoms. The summed E-state index contributed by atoms with van der Waals surface area (Å²) in [5, 5.41) is 23.0. The van der Waals surface area contributed by atoms with E-state index in [0.717, 1.165) is 4.68 Å². The van der Waals surface area contributed by atoms with Gasteiger partial charge in [-0.25, -0.2) is 4.68 Å². The largest absolute Gasteiger partial charge is 0.497 e. The summed E-state index contributed by atoms with van der Waals surface area (Å²) in [4.78, 5) is 0. The second-order valence-corrected chi connectivity index (χ2v) is 6.98. The standard InChI is InChI=1S/C13H25BN2O4/c1-11(2,3)19-14(20-12(4,5)6)10-8-15-16(9-10)13(7,17)18/h8-9,17-18H,1-7H3. The topological polar surface area (TPSA) is 76.7 Å². The van der Waals surface area contributed by atoms with E-state index in [1.54, 1.807) is 0 Å². The molecule has 6 nitrogen and oxygen atoms in total. The monoisotopic (exact) mass is 284 g/mol. The molecule has 114 valence electrons. The molecule has 1 aromatic heterocycles. The summed E-state index contributed by atoms with van der Waals surface area (Å²) in [5.74, 6) is -2.05. The van der Waals surface area contributed by atoms with Crippen molar-refractivity contribution in [3.8, 4) is 0 Å². The summed E-state index contributed by atoms with van der Waals surface area (Å²) >= 11 is 0. The Labute approximate surface area is 120 Å². The molecule has 0 aliphatic carbocycles. The van der Waals surface area contributed by atoms with Gasteiger partial charge in [-0.3, -0.25) is 0 Å². The van der Waals surface area contributed by atoms with E-state index in [-0.39, 0.29) is 0 Å². The SMILES string of the molecule is CC(C)(C)OB(OC(C)(C)C)c1cnn(C(C)(O)O)c1. The van der Waals surface area contributed by atoms with Crippen LogP contribution >= 0.6 is 0 Å². The van der Waals surface area contributed by atoms with Gasteiger partial charge in [0.25, 0.3) is 5.91 Å². The van der Waals surface area contributed by atoms with Crippen LogP contribution in [0.5, 0.6) is 0 Å². The lowest BCUT2D eigenvalue weighted by molar-refractivity contribution is -0.220. The first-order chi connectivity index (χ1) is 8.78. The molecule has 0 saturated carbocycles. The van der Waals surface area contributed by atoms with Crippen molar-refractivity contribution in [2.24, 2.45) is 0 Å². The van der Waals surface area contributed by atoms with Crippen LogP contribution in [0.4, 0.5) is 0 Å². The average molecular weight is 284 g/mol. The van der Waals surface area contributed by atoms with Gasteiger partial charge in [0.15, 0.2) is 0 Å². The molecule has 2 N–H and O–H groups in total. The Hall–Kier alpha value is -0.885. The van der Waals surface area contributed by atoms with Crippen LogP contribution in [-0.2, 0) is 15.2 Å². The summed E-state index contributed by atoms with van der Waals surface area (Å²) in [6, 6.07) is 0. The summed E-state index contributed by atoms with van der Waals surface area (Å²) in [7, 11) is -0.633. The van der Waals surface area contributed by atoms with E-state index in [2.05, 4.69) is 5.10 Å². The molecule has 0 amide bonds. The second kappa shape index (κ2) is 5.48. The third-order valence-corrected chi connectivity index (χ3v) is 2.23. The Balaban J connectivity index is 3.01. The zero-order valence-electron chi connectivity index (χ0n) is 13.3. The molecule has 0 radical (unpaired) electrons. The minimum atomic E-state index is -2.05. The number of rotatable bonds is 4. The molecule has 0 aliphatic rings. The molecule has 1 heterocycles. The molecule has 0 unspecified atom stereocenters. The van der Waals surface area contributed by atoms with Gasteiger partial charge in [0.1, 0.15) is 0 Å². The van der Waals surface area contributed by atoms with Gasteiger partial charge < -0.3 is 19.5 Å². The molecule has 0 aromatic carbocycles. The van der Waals surface area contributed by atoms with Gasteiger partial charge in [-0.05, 0) is 41.5 Å². The number of aliphatic hydroxyl groups is 2. The summed E-state index contributed by atoms with van der Waals surface area (Å²) < 4.78 is 12.8. The van der Waals surface area contributed by atoms with E-state index in [0.29, 0.717) is 5.46 Å². The summed E-state index contributed by atoms with van der Waals surface area (Å²) in [5.41, 5.74) is -0.177. The van der Waals surface area contributed by atoms with Crippen LogP contribution in [0.25, 0.3) is 0 Å². The molecule has 0 saturated heterocycles. The predicted octanol–water partition coefficient (Wildman–Crippen LogP) is 0.823. The Bertz CT molecular complexity index is 424. The lowest BCUT2D eigenvalue weighted by Gasteiger charge is -2.30. The number of hydrogen-bond donors (Lipinski definition) is 2. The molecule has 0 fully saturated rings. The molecule has 1 rings (SSSR count). The maximum atomic E-state index is 9.52. The van der Waals surface area contributed by atoms with Crippen molar-refractivity contribution in [2.45, 2.75) is 65.6 Å². The molecule has 0 spiro atoms. The first kappa shape index (κ1) is 17.2. The number of hydrogen-bond acceptors (Lipinski definition) is 5. The quantitative estimate of drug-likeness (QED) is 0.632. The first-order valence-corrected chi connectivity index (χ1v) is 6.63. The molecule has 0 atom stereocenters.